The largest absolute Gasteiger partial charge is 0.415 e. The molecule has 1 aliphatic rings. The molecule has 0 unspecified atom stereocenters. The minimum atomic E-state index is -0.672. The minimum absolute atomic E-state index is 0.0296. The first-order chi connectivity index (χ1) is 12.0. The Morgan fingerprint density at radius 2 is 1.88 bits per heavy atom. The number of carbonyl (C=O) groups is 2. The number of piperidine rings is 1. The van der Waals surface area contributed by atoms with Crippen LogP contribution in [0, 0.1) is 5.41 Å². The third-order valence-corrected chi connectivity index (χ3v) is 4.07. The molecule has 3 rings (SSSR count). The van der Waals surface area contributed by atoms with E-state index in [0.717, 1.165) is 0 Å². The summed E-state index contributed by atoms with van der Waals surface area (Å²) in [6, 6.07) is 14.4. The molecular formula is C20H20N2O3. The van der Waals surface area contributed by atoms with Gasteiger partial charge in [0.15, 0.2) is 5.78 Å². The van der Waals surface area contributed by atoms with E-state index in [1.54, 1.807) is 41.4 Å². The Labute approximate surface area is 146 Å². The van der Waals surface area contributed by atoms with E-state index in [4.69, 9.17) is 4.74 Å². The summed E-state index contributed by atoms with van der Waals surface area (Å²) in [4.78, 5) is 31.0. The molecule has 5 heteroatoms. The van der Waals surface area contributed by atoms with Gasteiger partial charge in [0.1, 0.15) is 5.75 Å². The maximum atomic E-state index is 12.7. The molecule has 128 valence electrons. The van der Waals surface area contributed by atoms with Crippen molar-refractivity contribution in [1.82, 2.24) is 9.88 Å². The van der Waals surface area contributed by atoms with Crippen LogP contribution in [-0.4, -0.2) is 34.8 Å². The zero-order valence-electron chi connectivity index (χ0n) is 14.3. The van der Waals surface area contributed by atoms with E-state index < -0.39 is 11.5 Å². The number of para-hydroxylation sites is 1. The Bertz CT molecular complexity index is 798. The third kappa shape index (κ3) is 3.94. The summed E-state index contributed by atoms with van der Waals surface area (Å²) in [6.45, 7) is 4.20. The molecule has 0 saturated carbocycles. The predicted octanol–water partition coefficient (Wildman–Crippen LogP) is 3.57. The summed E-state index contributed by atoms with van der Waals surface area (Å²) >= 11 is 0. The SMILES string of the molecule is CC1(C)CN(C(=O)Oc2ccccc2)C/C(=C\c2ccccn2)C1=O. The summed E-state index contributed by atoms with van der Waals surface area (Å²) < 4.78 is 5.41. The molecule has 0 radical (unpaired) electrons. The lowest BCUT2D eigenvalue weighted by molar-refractivity contribution is -0.125. The Morgan fingerprint density at radius 3 is 2.56 bits per heavy atom. The minimum Gasteiger partial charge on any atom is -0.410 e. The van der Waals surface area contributed by atoms with Crippen molar-refractivity contribution in [1.29, 1.82) is 0 Å². The number of hydrogen-bond acceptors (Lipinski definition) is 4. The average molecular weight is 336 g/mol. The molecule has 1 fully saturated rings. The number of hydrogen-bond donors (Lipinski definition) is 0. The van der Waals surface area contributed by atoms with Crippen molar-refractivity contribution in [2.24, 2.45) is 5.41 Å². The Morgan fingerprint density at radius 1 is 1.16 bits per heavy atom. The number of rotatable bonds is 2. The van der Waals surface area contributed by atoms with Gasteiger partial charge in [0, 0.05) is 23.7 Å². The molecular weight excluding hydrogens is 316 g/mol. The summed E-state index contributed by atoms with van der Waals surface area (Å²) in [5.74, 6) is 0.513. The van der Waals surface area contributed by atoms with Crippen LogP contribution < -0.4 is 4.74 Å². The second-order valence-corrected chi connectivity index (χ2v) is 6.67. The first-order valence-electron chi connectivity index (χ1n) is 8.14. The van der Waals surface area contributed by atoms with Crippen LogP contribution in [0.5, 0.6) is 5.75 Å². The first kappa shape index (κ1) is 16.9. The fraction of sp³-hybridized carbons (Fsp3) is 0.250. The number of ether oxygens (including phenoxy) is 1. The van der Waals surface area contributed by atoms with Crippen LogP contribution >= 0.6 is 0 Å². The van der Waals surface area contributed by atoms with Crippen LogP contribution in [0.2, 0.25) is 0 Å². The maximum Gasteiger partial charge on any atom is 0.415 e. The van der Waals surface area contributed by atoms with Crippen molar-refractivity contribution < 1.29 is 14.3 Å². The van der Waals surface area contributed by atoms with Crippen LogP contribution in [0.4, 0.5) is 4.79 Å². The summed E-state index contributed by atoms with van der Waals surface area (Å²) in [7, 11) is 0. The summed E-state index contributed by atoms with van der Waals surface area (Å²) in [5, 5.41) is 0. The van der Waals surface area contributed by atoms with Gasteiger partial charge in [-0.05, 0) is 30.3 Å². The lowest BCUT2D eigenvalue weighted by Crippen LogP contribution is -2.50. The number of aromatic nitrogens is 1. The smallest absolute Gasteiger partial charge is 0.410 e. The standard InChI is InChI=1S/C20H20N2O3/c1-20(2)14-22(19(24)25-17-9-4-3-5-10-17)13-15(18(20)23)12-16-8-6-7-11-21-16/h3-12H,13-14H2,1-2H3/b15-12+. The lowest BCUT2D eigenvalue weighted by atomic mass is 9.80. The molecule has 1 amide bonds. The monoisotopic (exact) mass is 336 g/mol. The van der Waals surface area contributed by atoms with Gasteiger partial charge in [-0.3, -0.25) is 9.78 Å². The maximum absolute atomic E-state index is 12.7. The Hall–Kier alpha value is -2.95. The molecule has 1 saturated heterocycles. The normalized spacial score (nSPS) is 18.2. The Kier molecular flexibility index (Phi) is 4.65. The number of likely N-dealkylation sites (tertiary alicyclic amines) is 1. The topological polar surface area (TPSA) is 59.5 Å². The van der Waals surface area contributed by atoms with Gasteiger partial charge in [-0.25, -0.2) is 4.79 Å². The van der Waals surface area contributed by atoms with Crippen LogP contribution in [0.3, 0.4) is 0 Å². The van der Waals surface area contributed by atoms with Gasteiger partial charge in [-0.15, -0.1) is 0 Å². The van der Waals surface area contributed by atoms with Crippen molar-refractivity contribution in [2.45, 2.75) is 13.8 Å². The van der Waals surface area contributed by atoms with Gasteiger partial charge in [0.25, 0.3) is 0 Å². The molecule has 1 aromatic carbocycles. The molecule has 0 aliphatic carbocycles. The van der Waals surface area contributed by atoms with E-state index in [-0.39, 0.29) is 12.3 Å². The van der Waals surface area contributed by atoms with Crippen molar-refractivity contribution in [2.75, 3.05) is 13.1 Å². The van der Waals surface area contributed by atoms with Crippen molar-refractivity contribution in [3.8, 4) is 5.75 Å². The fourth-order valence-corrected chi connectivity index (χ4v) is 2.85. The van der Waals surface area contributed by atoms with Crippen LogP contribution in [0.15, 0.2) is 60.3 Å². The number of amides is 1. The Balaban J connectivity index is 1.83. The highest BCUT2D eigenvalue weighted by atomic mass is 16.6. The molecule has 2 heterocycles. The highest BCUT2D eigenvalue weighted by molar-refractivity contribution is 6.05. The van der Waals surface area contributed by atoms with Crippen molar-refractivity contribution in [3.63, 3.8) is 0 Å². The second kappa shape index (κ2) is 6.89. The zero-order chi connectivity index (χ0) is 17.9. The van der Waals surface area contributed by atoms with E-state index in [0.29, 0.717) is 23.6 Å². The number of carbonyl (C=O) groups excluding carboxylic acids is 2. The number of Topliss-reactive ketones (excluding diaryl/α,β-unsaturated/α-hetero) is 1. The molecule has 0 spiro atoms. The molecule has 0 N–H and O–H groups in total. The van der Waals surface area contributed by atoms with E-state index in [9.17, 15) is 9.59 Å². The van der Waals surface area contributed by atoms with Crippen molar-refractivity contribution in [3.05, 3.63) is 66.0 Å². The number of ketones is 1. The first-order valence-corrected chi connectivity index (χ1v) is 8.14. The lowest BCUT2D eigenvalue weighted by Gasteiger charge is -2.37. The van der Waals surface area contributed by atoms with Crippen LogP contribution in [0.25, 0.3) is 6.08 Å². The quantitative estimate of drug-likeness (QED) is 0.787. The molecule has 5 nitrogen and oxygen atoms in total. The van der Waals surface area contributed by atoms with Gasteiger partial charge >= 0.3 is 6.09 Å². The number of pyridine rings is 1. The van der Waals surface area contributed by atoms with Gasteiger partial charge in [-0.2, -0.15) is 0 Å². The summed E-state index contributed by atoms with van der Waals surface area (Å²) in [5.41, 5.74) is 0.578. The highest BCUT2D eigenvalue weighted by Gasteiger charge is 2.40. The van der Waals surface area contributed by atoms with E-state index in [2.05, 4.69) is 4.98 Å². The van der Waals surface area contributed by atoms with E-state index in [1.807, 2.05) is 38.1 Å². The molecule has 0 atom stereocenters. The molecule has 25 heavy (non-hydrogen) atoms. The van der Waals surface area contributed by atoms with Gasteiger partial charge in [-0.1, -0.05) is 38.1 Å². The molecule has 2 aromatic rings. The van der Waals surface area contributed by atoms with Crippen LogP contribution in [0.1, 0.15) is 19.5 Å². The predicted molar refractivity (Wildman–Crippen MR) is 95.0 cm³/mol. The van der Waals surface area contributed by atoms with Gasteiger partial charge in [0.05, 0.1) is 12.2 Å². The third-order valence-electron chi connectivity index (χ3n) is 4.07. The summed E-state index contributed by atoms with van der Waals surface area (Å²) in [6.07, 6.45) is 2.96. The van der Waals surface area contributed by atoms with Crippen molar-refractivity contribution >= 4 is 18.0 Å². The average Bonchev–Trinajstić information content (AvgIpc) is 2.60. The number of nitrogens with zero attached hydrogens (tertiary/aromatic N) is 2. The van der Waals surface area contributed by atoms with Gasteiger partial charge < -0.3 is 9.64 Å². The highest BCUT2D eigenvalue weighted by Crippen LogP contribution is 2.30. The number of benzene rings is 1. The van der Waals surface area contributed by atoms with E-state index >= 15 is 0 Å². The van der Waals surface area contributed by atoms with E-state index in [1.165, 1.54) is 0 Å². The zero-order valence-corrected chi connectivity index (χ0v) is 14.3. The molecule has 1 aliphatic heterocycles. The second-order valence-electron chi connectivity index (χ2n) is 6.67. The molecule has 1 aromatic heterocycles. The fourth-order valence-electron chi connectivity index (χ4n) is 2.85. The van der Waals surface area contributed by atoms with Gasteiger partial charge in [0.2, 0.25) is 0 Å². The molecule has 0 bridgehead atoms. The van der Waals surface area contributed by atoms with Crippen LogP contribution in [-0.2, 0) is 4.79 Å².